The summed E-state index contributed by atoms with van der Waals surface area (Å²) in [7, 11) is 0. The highest BCUT2D eigenvalue weighted by atomic mass is 19.4. The maximum absolute atomic E-state index is 13.4. The van der Waals surface area contributed by atoms with Crippen LogP contribution in [0.3, 0.4) is 0 Å². The van der Waals surface area contributed by atoms with E-state index in [4.69, 9.17) is 10.2 Å². The molecule has 0 fully saturated rings. The first-order valence-corrected chi connectivity index (χ1v) is 6.52. The van der Waals surface area contributed by atoms with Crippen LogP contribution >= 0.6 is 0 Å². The van der Waals surface area contributed by atoms with Gasteiger partial charge in [-0.05, 0) is 19.1 Å². The zero-order valence-electron chi connectivity index (χ0n) is 11.9. The molecule has 0 amide bonds. The van der Waals surface area contributed by atoms with Crippen molar-refractivity contribution in [3.8, 4) is 0 Å². The minimum Gasteiger partial charge on any atom is -0.463 e. The molecule has 1 atom stereocenters. The third kappa shape index (κ3) is 2.50. The van der Waals surface area contributed by atoms with Crippen molar-refractivity contribution in [3.05, 3.63) is 35.9 Å². The Morgan fingerprint density at radius 1 is 1.39 bits per heavy atom. The molecule has 10 heteroatoms. The molecule has 3 rings (SSSR count). The number of anilines is 2. The molecule has 2 aromatic heterocycles. The molecule has 0 radical (unpaired) electrons. The van der Waals surface area contributed by atoms with E-state index in [1.807, 2.05) is 0 Å². The Bertz CT molecular complexity index is 739. The van der Waals surface area contributed by atoms with Gasteiger partial charge in [-0.25, -0.2) is 9.99 Å². The Labute approximate surface area is 128 Å². The van der Waals surface area contributed by atoms with Crippen molar-refractivity contribution < 1.29 is 22.7 Å². The van der Waals surface area contributed by atoms with Crippen LogP contribution in [0, 0.1) is 6.92 Å². The number of aryl methyl sites for hydroxylation is 1. The van der Waals surface area contributed by atoms with Crippen LogP contribution < -0.4 is 10.7 Å². The fourth-order valence-corrected chi connectivity index (χ4v) is 2.27. The largest absolute Gasteiger partial charge is 0.463 e. The van der Waals surface area contributed by atoms with E-state index in [0.29, 0.717) is 10.7 Å². The molecule has 3 N–H and O–H groups in total. The van der Waals surface area contributed by atoms with Gasteiger partial charge in [0.05, 0.1) is 12.7 Å². The number of hydrazone groups is 1. The van der Waals surface area contributed by atoms with Crippen LogP contribution in [0.1, 0.15) is 17.9 Å². The molecule has 0 bridgehead atoms. The van der Waals surface area contributed by atoms with Crippen LogP contribution in [0.4, 0.5) is 24.9 Å². The van der Waals surface area contributed by atoms with Crippen molar-refractivity contribution in [1.29, 1.82) is 0 Å². The SMILES string of the molecule is Cc1cc(N2N=C(c3ccco3)C[C@@]2(O)C(F)(F)F)nc(N)n1. The second-order valence-electron chi connectivity index (χ2n) is 5.05. The maximum atomic E-state index is 13.4. The van der Waals surface area contributed by atoms with Crippen LogP contribution in [0.5, 0.6) is 0 Å². The van der Waals surface area contributed by atoms with Crippen LogP contribution in [0.15, 0.2) is 34.0 Å². The second-order valence-corrected chi connectivity index (χ2v) is 5.05. The molecular weight excluding hydrogens is 315 g/mol. The molecule has 1 aliphatic heterocycles. The van der Waals surface area contributed by atoms with Crippen molar-refractivity contribution in [2.75, 3.05) is 10.7 Å². The van der Waals surface area contributed by atoms with Gasteiger partial charge in [0.25, 0.3) is 5.72 Å². The lowest BCUT2D eigenvalue weighted by molar-refractivity contribution is -0.254. The quantitative estimate of drug-likeness (QED) is 0.872. The van der Waals surface area contributed by atoms with Crippen molar-refractivity contribution in [1.82, 2.24) is 9.97 Å². The van der Waals surface area contributed by atoms with Crippen LogP contribution in [-0.4, -0.2) is 32.7 Å². The molecule has 0 unspecified atom stereocenters. The monoisotopic (exact) mass is 327 g/mol. The lowest BCUT2D eigenvalue weighted by atomic mass is 10.1. The van der Waals surface area contributed by atoms with Crippen LogP contribution in [0.2, 0.25) is 0 Å². The normalized spacial score (nSPS) is 21.6. The fourth-order valence-electron chi connectivity index (χ4n) is 2.27. The Hall–Kier alpha value is -2.62. The van der Waals surface area contributed by atoms with E-state index in [2.05, 4.69) is 15.1 Å². The standard InChI is InChI=1S/C13H12F3N5O2/c1-7-5-10(19-11(17)18-7)21-12(22,13(14,15)16)6-8(20-21)9-3-2-4-23-9/h2-5,22H,6H2,1H3,(H2,17,18,19)/t12-/m1/s1. The number of aromatic nitrogens is 2. The summed E-state index contributed by atoms with van der Waals surface area (Å²) in [5.41, 5.74) is 2.52. The highest BCUT2D eigenvalue weighted by Gasteiger charge is 2.62. The van der Waals surface area contributed by atoms with Gasteiger partial charge in [0.1, 0.15) is 11.5 Å². The number of nitrogens with zero attached hydrogens (tertiary/aromatic N) is 4. The molecule has 0 aliphatic carbocycles. The Balaban J connectivity index is 2.12. The predicted octanol–water partition coefficient (Wildman–Crippen LogP) is 1.83. The average Bonchev–Trinajstić information content (AvgIpc) is 3.04. The molecule has 0 saturated heterocycles. The molecule has 3 heterocycles. The predicted molar refractivity (Wildman–Crippen MR) is 74.5 cm³/mol. The van der Waals surface area contributed by atoms with E-state index < -0.39 is 18.3 Å². The van der Waals surface area contributed by atoms with Gasteiger partial charge < -0.3 is 15.3 Å². The third-order valence-electron chi connectivity index (χ3n) is 3.32. The molecule has 0 saturated carbocycles. The number of hydrogen-bond acceptors (Lipinski definition) is 7. The summed E-state index contributed by atoms with van der Waals surface area (Å²) >= 11 is 0. The number of aliphatic hydroxyl groups is 1. The minimum atomic E-state index is -4.97. The molecule has 2 aromatic rings. The summed E-state index contributed by atoms with van der Waals surface area (Å²) in [6.45, 7) is 1.54. The fraction of sp³-hybridized carbons (Fsp3) is 0.308. The van der Waals surface area contributed by atoms with E-state index >= 15 is 0 Å². The molecule has 0 spiro atoms. The van der Waals surface area contributed by atoms with Crippen molar-refractivity contribution in [2.45, 2.75) is 25.2 Å². The summed E-state index contributed by atoms with van der Waals surface area (Å²) < 4.78 is 45.3. The Morgan fingerprint density at radius 2 is 2.13 bits per heavy atom. The molecule has 0 aromatic carbocycles. The second kappa shape index (κ2) is 4.95. The lowest BCUT2D eigenvalue weighted by Crippen LogP contribution is -2.55. The smallest absolute Gasteiger partial charge is 0.438 e. The summed E-state index contributed by atoms with van der Waals surface area (Å²) in [5, 5.41) is 14.5. The van der Waals surface area contributed by atoms with Crippen LogP contribution in [0.25, 0.3) is 0 Å². The van der Waals surface area contributed by atoms with E-state index in [1.54, 1.807) is 6.92 Å². The topological polar surface area (TPSA) is 101 Å². The highest BCUT2D eigenvalue weighted by molar-refractivity contribution is 6.01. The van der Waals surface area contributed by atoms with E-state index in [-0.39, 0.29) is 23.2 Å². The summed E-state index contributed by atoms with van der Waals surface area (Å²) in [6, 6.07) is 4.22. The van der Waals surface area contributed by atoms with E-state index in [9.17, 15) is 18.3 Å². The number of alkyl halides is 3. The Kier molecular flexibility index (Phi) is 3.29. The summed E-state index contributed by atoms with van der Waals surface area (Å²) in [6.07, 6.45) is -4.47. The molecule has 23 heavy (non-hydrogen) atoms. The first kappa shape index (κ1) is 15.3. The molecule has 1 aliphatic rings. The summed E-state index contributed by atoms with van der Waals surface area (Å²) in [5.74, 6) is -0.337. The Morgan fingerprint density at radius 3 is 2.70 bits per heavy atom. The lowest BCUT2D eigenvalue weighted by Gasteiger charge is -2.33. The van der Waals surface area contributed by atoms with Gasteiger partial charge >= 0.3 is 6.18 Å². The first-order chi connectivity index (χ1) is 10.7. The highest BCUT2D eigenvalue weighted by Crippen LogP contribution is 2.43. The number of nitrogen functional groups attached to an aromatic ring is 1. The average molecular weight is 327 g/mol. The van der Waals surface area contributed by atoms with Gasteiger partial charge in [-0.2, -0.15) is 23.3 Å². The van der Waals surface area contributed by atoms with Gasteiger partial charge in [0.2, 0.25) is 5.95 Å². The number of nitrogens with two attached hydrogens (primary N) is 1. The minimum absolute atomic E-state index is 0.0512. The van der Waals surface area contributed by atoms with Crippen molar-refractivity contribution in [3.63, 3.8) is 0 Å². The number of rotatable bonds is 2. The van der Waals surface area contributed by atoms with Gasteiger partial charge in [-0.15, -0.1) is 0 Å². The van der Waals surface area contributed by atoms with Gasteiger partial charge in [0, 0.05) is 11.8 Å². The van der Waals surface area contributed by atoms with Gasteiger partial charge in [0.15, 0.2) is 5.82 Å². The van der Waals surface area contributed by atoms with E-state index in [1.165, 1.54) is 24.5 Å². The van der Waals surface area contributed by atoms with Gasteiger partial charge in [-0.1, -0.05) is 0 Å². The number of furan rings is 1. The zero-order chi connectivity index (χ0) is 16.8. The zero-order valence-corrected chi connectivity index (χ0v) is 11.9. The number of hydrogen-bond donors (Lipinski definition) is 2. The van der Waals surface area contributed by atoms with Crippen molar-refractivity contribution >= 4 is 17.5 Å². The first-order valence-electron chi connectivity index (χ1n) is 6.52. The summed E-state index contributed by atoms with van der Waals surface area (Å²) in [4.78, 5) is 7.53. The molecule has 7 nitrogen and oxygen atoms in total. The van der Waals surface area contributed by atoms with Crippen molar-refractivity contribution in [2.24, 2.45) is 5.10 Å². The maximum Gasteiger partial charge on any atom is 0.438 e. The molecule has 122 valence electrons. The number of halogens is 3. The van der Waals surface area contributed by atoms with Crippen LogP contribution in [-0.2, 0) is 0 Å². The van der Waals surface area contributed by atoms with Gasteiger partial charge in [-0.3, -0.25) is 0 Å². The van der Waals surface area contributed by atoms with E-state index in [0.717, 1.165) is 0 Å². The molecular formula is C13H12F3N5O2. The third-order valence-corrected chi connectivity index (χ3v) is 3.32.